The van der Waals surface area contributed by atoms with Crippen LogP contribution in [0.25, 0.3) is 0 Å². The second kappa shape index (κ2) is 6.85. The van der Waals surface area contributed by atoms with Gasteiger partial charge in [0.1, 0.15) is 0 Å². The van der Waals surface area contributed by atoms with Crippen LogP contribution in [0.5, 0.6) is 0 Å². The summed E-state index contributed by atoms with van der Waals surface area (Å²) in [6, 6.07) is 0.744. The molecule has 2 heterocycles. The van der Waals surface area contributed by atoms with Crippen LogP contribution in [-0.2, 0) is 12.3 Å². The molecule has 18 heavy (non-hydrogen) atoms. The van der Waals surface area contributed by atoms with Crippen molar-refractivity contribution in [2.24, 2.45) is 0 Å². The number of hydrogen-bond acceptors (Lipinski definition) is 4. The van der Waals surface area contributed by atoms with Gasteiger partial charge in [-0.05, 0) is 40.0 Å². The third-order valence-corrected chi connectivity index (χ3v) is 4.96. The quantitative estimate of drug-likeness (QED) is 0.776. The molecule has 0 bridgehead atoms. The molecule has 0 aliphatic carbocycles. The van der Waals surface area contributed by atoms with Crippen LogP contribution in [0.4, 0.5) is 0 Å². The van der Waals surface area contributed by atoms with Gasteiger partial charge in [0.25, 0.3) is 0 Å². The average Bonchev–Trinajstić information content (AvgIpc) is 2.85. The SMILES string of the molecule is CN1CCC(N(C)CCc2nc(CCl)cs2)CC1. The van der Waals surface area contributed by atoms with Gasteiger partial charge in [0.05, 0.1) is 16.6 Å². The molecule has 0 amide bonds. The summed E-state index contributed by atoms with van der Waals surface area (Å²) in [6.07, 6.45) is 3.62. The monoisotopic (exact) mass is 287 g/mol. The highest BCUT2D eigenvalue weighted by Crippen LogP contribution is 2.16. The smallest absolute Gasteiger partial charge is 0.0941 e. The summed E-state index contributed by atoms with van der Waals surface area (Å²) in [6.45, 7) is 3.55. The van der Waals surface area contributed by atoms with Crippen LogP contribution in [0.2, 0.25) is 0 Å². The molecule has 5 heteroatoms. The maximum absolute atomic E-state index is 5.77. The zero-order valence-electron chi connectivity index (χ0n) is 11.2. The minimum atomic E-state index is 0.529. The average molecular weight is 288 g/mol. The largest absolute Gasteiger partial charge is 0.306 e. The molecule has 1 aromatic rings. The highest BCUT2D eigenvalue weighted by Gasteiger charge is 2.20. The predicted molar refractivity (Wildman–Crippen MR) is 78.5 cm³/mol. The van der Waals surface area contributed by atoms with Crippen LogP contribution in [0.15, 0.2) is 5.38 Å². The van der Waals surface area contributed by atoms with Crippen molar-refractivity contribution in [2.45, 2.75) is 31.2 Å². The van der Waals surface area contributed by atoms with E-state index < -0.39 is 0 Å². The lowest BCUT2D eigenvalue weighted by atomic mass is 10.0. The lowest BCUT2D eigenvalue weighted by Crippen LogP contribution is -2.42. The van der Waals surface area contributed by atoms with Crippen molar-refractivity contribution in [2.75, 3.05) is 33.7 Å². The maximum atomic E-state index is 5.77. The van der Waals surface area contributed by atoms with E-state index in [4.69, 9.17) is 11.6 Å². The van der Waals surface area contributed by atoms with Crippen LogP contribution in [0, 0.1) is 0 Å². The van der Waals surface area contributed by atoms with Crippen molar-refractivity contribution in [3.05, 3.63) is 16.1 Å². The fourth-order valence-electron chi connectivity index (χ4n) is 2.42. The van der Waals surface area contributed by atoms with E-state index in [9.17, 15) is 0 Å². The van der Waals surface area contributed by atoms with E-state index in [1.807, 2.05) is 0 Å². The number of rotatable bonds is 5. The first kappa shape index (κ1) is 14.3. The molecule has 0 aromatic carbocycles. The van der Waals surface area contributed by atoms with Gasteiger partial charge in [-0.25, -0.2) is 4.98 Å². The summed E-state index contributed by atoms with van der Waals surface area (Å²) in [5, 5.41) is 3.28. The second-order valence-electron chi connectivity index (χ2n) is 5.13. The Kier molecular flexibility index (Phi) is 5.42. The maximum Gasteiger partial charge on any atom is 0.0941 e. The number of nitrogens with zero attached hydrogens (tertiary/aromatic N) is 3. The van der Waals surface area contributed by atoms with E-state index >= 15 is 0 Å². The fourth-order valence-corrected chi connectivity index (χ4v) is 3.43. The molecular formula is C13H22ClN3S. The molecule has 3 nitrogen and oxygen atoms in total. The molecule has 0 radical (unpaired) electrons. The normalized spacial score (nSPS) is 18.7. The topological polar surface area (TPSA) is 19.4 Å². The molecule has 1 aliphatic rings. The van der Waals surface area contributed by atoms with Crippen LogP contribution < -0.4 is 0 Å². The Hall–Kier alpha value is -0.160. The zero-order chi connectivity index (χ0) is 13.0. The summed E-state index contributed by atoms with van der Waals surface area (Å²) in [5.41, 5.74) is 1.01. The minimum Gasteiger partial charge on any atom is -0.306 e. The highest BCUT2D eigenvalue weighted by molar-refractivity contribution is 7.09. The summed E-state index contributed by atoms with van der Waals surface area (Å²) in [4.78, 5) is 9.42. The molecule has 0 saturated carbocycles. The Morgan fingerprint density at radius 1 is 1.50 bits per heavy atom. The molecule has 1 saturated heterocycles. The summed E-state index contributed by atoms with van der Waals surface area (Å²) in [5.74, 6) is 0.529. The highest BCUT2D eigenvalue weighted by atomic mass is 35.5. The standard InChI is InChI=1S/C13H22ClN3S/c1-16-6-3-12(4-7-16)17(2)8-5-13-15-11(9-14)10-18-13/h10,12H,3-9H2,1-2H3. The Labute approximate surface area is 119 Å². The Balaban J connectivity index is 1.75. The van der Waals surface area contributed by atoms with Gasteiger partial charge in [-0.1, -0.05) is 0 Å². The zero-order valence-corrected chi connectivity index (χ0v) is 12.8. The number of piperidine rings is 1. The van der Waals surface area contributed by atoms with Gasteiger partial charge in [-0.2, -0.15) is 0 Å². The summed E-state index contributed by atoms with van der Waals surface area (Å²) >= 11 is 7.50. The van der Waals surface area contributed by atoms with Gasteiger partial charge in [0, 0.05) is 24.4 Å². The Morgan fingerprint density at radius 2 is 2.22 bits per heavy atom. The number of likely N-dealkylation sites (N-methyl/N-ethyl adjacent to an activating group) is 1. The van der Waals surface area contributed by atoms with Crippen molar-refractivity contribution in [1.29, 1.82) is 0 Å². The number of halogens is 1. The van der Waals surface area contributed by atoms with E-state index in [1.165, 1.54) is 30.9 Å². The molecule has 1 fully saturated rings. The number of likely N-dealkylation sites (tertiary alicyclic amines) is 1. The lowest BCUT2D eigenvalue weighted by molar-refractivity contribution is 0.145. The van der Waals surface area contributed by atoms with Gasteiger partial charge in [0.2, 0.25) is 0 Å². The van der Waals surface area contributed by atoms with Crippen LogP contribution in [-0.4, -0.2) is 54.6 Å². The van der Waals surface area contributed by atoms with E-state index in [1.54, 1.807) is 11.3 Å². The first-order valence-corrected chi connectivity index (χ1v) is 7.98. The van der Waals surface area contributed by atoms with Gasteiger partial charge >= 0.3 is 0 Å². The molecule has 1 aromatic heterocycles. The van der Waals surface area contributed by atoms with Crippen molar-refractivity contribution in [1.82, 2.24) is 14.8 Å². The second-order valence-corrected chi connectivity index (χ2v) is 6.34. The number of alkyl halides is 1. The molecule has 0 spiro atoms. The first-order chi connectivity index (χ1) is 8.69. The predicted octanol–water partition coefficient (Wildman–Crippen LogP) is 2.45. The number of aromatic nitrogens is 1. The summed E-state index contributed by atoms with van der Waals surface area (Å²) in [7, 11) is 4.45. The van der Waals surface area contributed by atoms with Crippen LogP contribution >= 0.6 is 22.9 Å². The van der Waals surface area contributed by atoms with E-state index in [-0.39, 0.29) is 0 Å². The number of hydrogen-bond donors (Lipinski definition) is 0. The van der Waals surface area contributed by atoms with Gasteiger partial charge in [-0.3, -0.25) is 0 Å². The lowest BCUT2D eigenvalue weighted by Gasteiger charge is -2.35. The van der Waals surface area contributed by atoms with Crippen molar-refractivity contribution in [3.8, 4) is 0 Å². The third kappa shape index (κ3) is 3.92. The van der Waals surface area contributed by atoms with E-state index in [0.29, 0.717) is 5.88 Å². The van der Waals surface area contributed by atoms with E-state index in [0.717, 1.165) is 24.7 Å². The van der Waals surface area contributed by atoms with E-state index in [2.05, 4.69) is 34.3 Å². The van der Waals surface area contributed by atoms with Crippen molar-refractivity contribution < 1.29 is 0 Å². The van der Waals surface area contributed by atoms with Gasteiger partial charge in [-0.15, -0.1) is 22.9 Å². The Bertz CT molecular complexity index is 361. The summed E-state index contributed by atoms with van der Waals surface area (Å²) < 4.78 is 0. The van der Waals surface area contributed by atoms with Crippen LogP contribution in [0.3, 0.4) is 0 Å². The molecule has 102 valence electrons. The molecule has 1 aliphatic heterocycles. The minimum absolute atomic E-state index is 0.529. The van der Waals surface area contributed by atoms with Crippen molar-refractivity contribution in [3.63, 3.8) is 0 Å². The molecule has 0 atom stereocenters. The molecule has 0 N–H and O–H groups in total. The first-order valence-electron chi connectivity index (χ1n) is 6.57. The molecule has 0 unspecified atom stereocenters. The fraction of sp³-hybridized carbons (Fsp3) is 0.769. The number of thiazole rings is 1. The molecular weight excluding hydrogens is 266 g/mol. The van der Waals surface area contributed by atoms with Crippen LogP contribution in [0.1, 0.15) is 23.5 Å². The molecule has 2 rings (SSSR count). The Morgan fingerprint density at radius 3 is 2.83 bits per heavy atom. The van der Waals surface area contributed by atoms with Gasteiger partial charge < -0.3 is 9.80 Å². The van der Waals surface area contributed by atoms with Gasteiger partial charge in [0.15, 0.2) is 0 Å². The third-order valence-electron chi connectivity index (χ3n) is 3.73. The van der Waals surface area contributed by atoms with Crippen molar-refractivity contribution >= 4 is 22.9 Å².